The Morgan fingerprint density at radius 3 is 2.33 bits per heavy atom. The van der Waals surface area contributed by atoms with Crippen molar-refractivity contribution in [3.63, 3.8) is 0 Å². The van der Waals surface area contributed by atoms with E-state index in [1.165, 1.54) is 32.1 Å². The number of esters is 1. The van der Waals surface area contributed by atoms with Gasteiger partial charge in [0.25, 0.3) is 5.91 Å². The maximum Gasteiger partial charge on any atom is 0.335 e. The van der Waals surface area contributed by atoms with E-state index in [1.54, 1.807) is 18.7 Å². The van der Waals surface area contributed by atoms with Gasteiger partial charge in [-0.15, -0.1) is 0 Å². The molecule has 2 saturated heterocycles. The van der Waals surface area contributed by atoms with Gasteiger partial charge in [-0.3, -0.25) is 14.5 Å². The van der Waals surface area contributed by atoms with Gasteiger partial charge in [0.05, 0.1) is 5.57 Å². The second kappa shape index (κ2) is 10.6. The summed E-state index contributed by atoms with van der Waals surface area (Å²) in [6.45, 7) is 10.3. The monoisotopic (exact) mass is 460 g/mol. The lowest BCUT2D eigenvalue weighted by atomic mass is 9.82. The van der Waals surface area contributed by atoms with Crippen molar-refractivity contribution in [3.8, 4) is 0 Å². The summed E-state index contributed by atoms with van der Waals surface area (Å²) >= 11 is 0. The predicted molar refractivity (Wildman–Crippen MR) is 126 cm³/mol. The molecule has 2 amide bonds. The van der Waals surface area contributed by atoms with Crippen LogP contribution in [-0.4, -0.2) is 96.5 Å². The quantitative estimate of drug-likeness (QED) is 0.480. The number of ether oxygens (including phenoxy) is 1. The van der Waals surface area contributed by atoms with Crippen LogP contribution in [0.5, 0.6) is 0 Å². The summed E-state index contributed by atoms with van der Waals surface area (Å²) in [6, 6.07) is 0.794. The van der Waals surface area contributed by atoms with Crippen LogP contribution in [0.3, 0.4) is 0 Å². The number of nitrogens with zero attached hydrogens (tertiary/aromatic N) is 3. The lowest BCUT2D eigenvalue weighted by Crippen LogP contribution is -2.51. The number of likely N-dealkylation sites (tertiary alicyclic amines) is 1. The average Bonchev–Trinajstić information content (AvgIpc) is 3.06. The highest BCUT2D eigenvalue weighted by molar-refractivity contribution is 6.07. The number of hydrogen-bond acceptors (Lipinski definition) is 6. The van der Waals surface area contributed by atoms with Gasteiger partial charge >= 0.3 is 5.97 Å². The van der Waals surface area contributed by atoms with Crippen LogP contribution >= 0.6 is 0 Å². The zero-order valence-electron chi connectivity index (χ0n) is 20.4. The predicted octanol–water partition coefficient (Wildman–Crippen LogP) is 1.70. The van der Waals surface area contributed by atoms with Gasteiger partial charge in [-0.25, -0.2) is 4.79 Å². The molecule has 1 N–H and O–H groups in total. The van der Waals surface area contributed by atoms with Gasteiger partial charge in [-0.2, -0.15) is 0 Å². The second-order valence-electron chi connectivity index (χ2n) is 10.2. The minimum Gasteiger partial charge on any atom is -0.450 e. The molecule has 0 aromatic heterocycles. The minimum atomic E-state index is -0.882. The third kappa shape index (κ3) is 5.43. The summed E-state index contributed by atoms with van der Waals surface area (Å²) in [5.41, 5.74) is -0.00784. The molecule has 1 saturated carbocycles. The molecule has 0 unspecified atom stereocenters. The highest BCUT2D eigenvalue weighted by atomic mass is 16.6. The minimum absolute atomic E-state index is 0.0143. The SMILES string of the molecule is CC(=O)N1CCC2(CC1)OC(=O)C(C)=C2C(=O)NCCCN1CCN(C2CCCCC2)CC1. The summed E-state index contributed by atoms with van der Waals surface area (Å²) in [4.78, 5) is 44.0. The van der Waals surface area contributed by atoms with Crippen LogP contribution in [0.25, 0.3) is 0 Å². The van der Waals surface area contributed by atoms with Crippen LogP contribution in [0.4, 0.5) is 0 Å². The molecule has 0 atom stereocenters. The summed E-state index contributed by atoms with van der Waals surface area (Å²) in [7, 11) is 0. The van der Waals surface area contributed by atoms with E-state index < -0.39 is 11.6 Å². The van der Waals surface area contributed by atoms with Crippen LogP contribution in [0.2, 0.25) is 0 Å². The number of carbonyl (C=O) groups excluding carboxylic acids is 3. The zero-order valence-corrected chi connectivity index (χ0v) is 20.4. The normalized spacial score (nSPS) is 24.9. The fourth-order valence-corrected chi connectivity index (χ4v) is 6.05. The van der Waals surface area contributed by atoms with Crippen molar-refractivity contribution in [2.45, 2.75) is 76.9 Å². The first-order valence-electron chi connectivity index (χ1n) is 12.8. The van der Waals surface area contributed by atoms with E-state index in [1.807, 2.05) is 0 Å². The molecule has 3 heterocycles. The molecule has 3 aliphatic heterocycles. The van der Waals surface area contributed by atoms with Gasteiger partial charge in [0.15, 0.2) is 0 Å². The van der Waals surface area contributed by atoms with Crippen LogP contribution in [0, 0.1) is 0 Å². The van der Waals surface area contributed by atoms with Gasteiger partial charge in [0, 0.05) is 77.2 Å². The van der Waals surface area contributed by atoms with E-state index in [2.05, 4.69) is 15.1 Å². The van der Waals surface area contributed by atoms with Crippen molar-refractivity contribution in [2.75, 3.05) is 52.4 Å². The maximum absolute atomic E-state index is 13.1. The van der Waals surface area contributed by atoms with Crippen molar-refractivity contribution >= 4 is 17.8 Å². The number of rotatable bonds is 6. The van der Waals surface area contributed by atoms with E-state index in [0.29, 0.717) is 43.6 Å². The Morgan fingerprint density at radius 1 is 1.03 bits per heavy atom. The molecule has 33 heavy (non-hydrogen) atoms. The Hall–Kier alpha value is -1.93. The molecule has 184 valence electrons. The Labute approximate surface area is 197 Å². The molecule has 0 aromatic carbocycles. The molecular formula is C25H40N4O4. The van der Waals surface area contributed by atoms with Crippen LogP contribution in [0.1, 0.15) is 65.2 Å². The van der Waals surface area contributed by atoms with Gasteiger partial charge in [-0.05, 0) is 32.7 Å². The van der Waals surface area contributed by atoms with E-state index in [-0.39, 0.29) is 11.8 Å². The number of carbonyl (C=O) groups is 3. The zero-order chi connectivity index (χ0) is 23.4. The summed E-state index contributed by atoms with van der Waals surface area (Å²) in [6.07, 6.45) is 8.73. The summed E-state index contributed by atoms with van der Waals surface area (Å²) in [5.74, 6) is -0.593. The lowest BCUT2D eigenvalue weighted by Gasteiger charge is -2.40. The Balaban J connectivity index is 1.21. The van der Waals surface area contributed by atoms with Crippen LogP contribution in [0.15, 0.2) is 11.1 Å². The fraction of sp³-hybridized carbons (Fsp3) is 0.800. The summed E-state index contributed by atoms with van der Waals surface area (Å²) < 4.78 is 5.70. The van der Waals surface area contributed by atoms with Gasteiger partial charge in [0.1, 0.15) is 5.60 Å². The standard InChI is InChI=1S/C25H40N4O4/c1-19-22(25(33-24(19)32)9-13-28(14-10-25)20(2)30)23(31)26-11-6-12-27-15-17-29(18-16-27)21-7-4-3-5-8-21/h21H,3-18H2,1-2H3,(H,26,31). The molecule has 0 bridgehead atoms. The molecule has 4 aliphatic rings. The Bertz CT molecular complexity index is 773. The number of hydrogen-bond donors (Lipinski definition) is 1. The second-order valence-corrected chi connectivity index (χ2v) is 10.2. The molecule has 8 nitrogen and oxygen atoms in total. The molecule has 8 heteroatoms. The topological polar surface area (TPSA) is 82.2 Å². The largest absolute Gasteiger partial charge is 0.450 e. The van der Waals surface area contributed by atoms with Crippen molar-refractivity contribution in [2.24, 2.45) is 0 Å². The molecule has 1 spiro atoms. The number of piperidine rings is 1. The Morgan fingerprint density at radius 2 is 1.70 bits per heavy atom. The smallest absolute Gasteiger partial charge is 0.335 e. The van der Waals surface area contributed by atoms with Crippen molar-refractivity contribution in [3.05, 3.63) is 11.1 Å². The van der Waals surface area contributed by atoms with Gasteiger partial charge in [0.2, 0.25) is 5.91 Å². The fourth-order valence-electron chi connectivity index (χ4n) is 6.05. The van der Waals surface area contributed by atoms with E-state index in [4.69, 9.17) is 4.74 Å². The van der Waals surface area contributed by atoms with E-state index in [9.17, 15) is 14.4 Å². The average molecular weight is 461 g/mol. The lowest BCUT2D eigenvalue weighted by molar-refractivity contribution is -0.152. The highest BCUT2D eigenvalue weighted by Gasteiger charge is 2.51. The van der Waals surface area contributed by atoms with Crippen molar-refractivity contribution in [1.29, 1.82) is 0 Å². The summed E-state index contributed by atoms with van der Waals surface area (Å²) in [5, 5.41) is 3.03. The first-order valence-corrected chi connectivity index (χ1v) is 12.8. The molecule has 4 rings (SSSR count). The first-order chi connectivity index (χ1) is 15.9. The number of piperazine rings is 1. The van der Waals surface area contributed by atoms with Crippen molar-refractivity contribution < 1.29 is 19.1 Å². The Kier molecular flexibility index (Phi) is 7.74. The molecule has 0 radical (unpaired) electrons. The van der Waals surface area contributed by atoms with E-state index >= 15 is 0 Å². The first kappa shape index (κ1) is 24.2. The third-order valence-corrected chi connectivity index (χ3v) is 8.10. The molecule has 1 aliphatic carbocycles. The number of amides is 2. The molecule has 0 aromatic rings. The van der Waals surface area contributed by atoms with E-state index in [0.717, 1.165) is 45.2 Å². The third-order valence-electron chi connectivity index (χ3n) is 8.10. The van der Waals surface area contributed by atoms with Crippen molar-refractivity contribution in [1.82, 2.24) is 20.0 Å². The molecule has 3 fully saturated rings. The molecular weight excluding hydrogens is 420 g/mol. The highest BCUT2D eigenvalue weighted by Crippen LogP contribution is 2.41. The van der Waals surface area contributed by atoms with Gasteiger partial charge in [-0.1, -0.05) is 19.3 Å². The van der Waals surface area contributed by atoms with Gasteiger partial charge < -0.3 is 19.9 Å². The van der Waals surface area contributed by atoms with Crippen LogP contribution < -0.4 is 5.32 Å². The maximum atomic E-state index is 13.1. The number of nitrogens with one attached hydrogen (secondary N) is 1. The van der Waals surface area contributed by atoms with Crippen LogP contribution in [-0.2, 0) is 19.1 Å².